The maximum absolute atomic E-state index is 13.3. The van der Waals surface area contributed by atoms with E-state index in [9.17, 15) is 14.4 Å². The van der Waals surface area contributed by atoms with Crippen LogP contribution >= 0.6 is 34.4 Å². The summed E-state index contributed by atoms with van der Waals surface area (Å²) in [5.41, 5.74) is 2.17. The lowest BCUT2D eigenvalue weighted by Crippen LogP contribution is -2.24. The number of ketones is 1. The first-order valence-corrected chi connectivity index (χ1v) is 13.4. The fraction of sp³-hybridized carbons (Fsp3) is 0.250. The van der Waals surface area contributed by atoms with Gasteiger partial charge in [-0.25, -0.2) is 4.98 Å². The topological polar surface area (TPSA) is 72.3 Å². The van der Waals surface area contributed by atoms with Crippen LogP contribution in [0.5, 0.6) is 0 Å². The van der Waals surface area contributed by atoms with Gasteiger partial charge in [-0.2, -0.15) is 0 Å². The molecule has 168 valence electrons. The van der Waals surface area contributed by atoms with Gasteiger partial charge in [0.2, 0.25) is 5.91 Å². The average molecular weight is 496 g/mol. The Balaban J connectivity index is 1.40. The summed E-state index contributed by atoms with van der Waals surface area (Å²) in [4.78, 5) is 46.5. The minimum Gasteiger partial charge on any atom is -0.312 e. The van der Waals surface area contributed by atoms with Crippen molar-refractivity contribution in [2.75, 3.05) is 17.2 Å². The van der Waals surface area contributed by atoms with E-state index >= 15 is 0 Å². The highest BCUT2D eigenvalue weighted by Gasteiger charge is 2.23. The summed E-state index contributed by atoms with van der Waals surface area (Å²) in [6.45, 7) is 3.07. The fourth-order valence-electron chi connectivity index (χ4n) is 3.99. The van der Waals surface area contributed by atoms with Gasteiger partial charge in [0.25, 0.3) is 5.56 Å². The number of hydrogen-bond acceptors (Lipinski definition) is 7. The van der Waals surface area contributed by atoms with Crippen molar-refractivity contribution < 1.29 is 9.59 Å². The molecule has 0 atom stereocenters. The summed E-state index contributed by atoms with van der Waals surface area (Å²) in [6, 6.07) is 11.2. The molecule has 5 rings (SSSR count). The van der Waals surface area contributed by atoms with E-state index in [4.69, 9.17) is 4.98 Å². The van der Waals surface area contributed by atoms with Crippen LogP contribution in [0.4, 0.5) is 5.69 Å². The third-order valence-electron chi connectivity index (χ3n) is 5.65. The van der Waals surface area contributed by atoms with Gasteiger partial charge in [-0.1, -0.05) is 30.0 Å². The first-order chi connectivity index (χ1) is 16.1. The molecule has 0 bridgehead atoms. The van der Waals surface area contributed by atoms with E-state index < -0.39 is 0 Å². The summed E-state index contributed by atoms with van der Waals surface area (Å²) >= 11 is 4.33. The fourth-order valence-corrected chi connectivity index (χ4v) is 6.75. The molecular weight excluding hydrogens is 474 g/mol. The summed E-state index contributed by atoms with van der Waals surface area (Å²) < 4.78 is 1.64. The van der Waals surface area contributed by atoms with Gasteiger partial charge in [0.1, 0.15) is 4.83 Å². The normalized spacial score (nSPS) is 13.8. The molecule has 1 aromatic carbocycles. The number of aromatic nitrogens is 2. The number of amides is 1. The highest BCUT2D eigenvalue weighted by molar-refractivity contribution is 7.99. The summed E-state index contributed by atoms with van der Waals surface area (Å²) in [5.74, 6) is 0.200. The Morgan fingerprint density at radius 3 is 2.79 bits per heavy atom. The number of Topliss-reactive ketones (excluding diaryl/α,β-unsaturated/α-hetero) is 1. The van der Waals surface area contributed by atoms with Crippen molar-refractivity contribution in [2.45, 2.75) is 31.5 Å². The molecule has 1 fully saturated rings. The number of carbonyl (C=O) groups excluding carboxylic acids is 2. The van der Waals surface area contributed by atoms with Gasteiger partial charge in [0, 0.05) is 46.6 Å². The Bertz CT molecular complexity index is 1410. The smallest absolute Gasteiger partial charge is 0.263 e. The van der Waals surface area contributed by atoms with E-state index in [0.717, 1.165) is 22.5 Å². The molecule has 1 amide bonds. The Hall–Kier alpha value is -2.75. The van der Waals surface area contributed by atoms with Crippen molar-refractivity contribution >= 4 is 62.0 Å². The van der Waals surface area contributed by atoms with E-state index in [-0.39, 0.29) is 23.0 Å². The lowest BCUT2D eigenvalue weighted by Gasteiger charge is -2.16. The second-order valence-corrected chi connectivity index (χ2v) is 10.4. The number of benzene rings is 1. The number of thioether (sulfide) groups is 1. The van der Waals surface area contributed by atoms with E-state index in [1.807, 2.05) is 41.9 Å². The lowest BCUT2D eigenvalue weighted by molar-refractivity contribution is -0.117. The SMILES string of the molecule is CCn1c(SCC(=O)c2cccc(N3CCCC3=O)c2)nc2scc(-c3cccs3)c2c1=O. The average Bonchev–Trinajstić information content (AvgIpc) is 3.58. The van der Waals surface area contributed by atoms with Gasteiger partial charge in [-0.05, 0) is 36.9 Å². The maximum atomic E-state index is 13.3. The molecule has 33 heavy (non-hydrogen) atoms. The predicted molar refractivity (Wildman–Crippen MR) is 136 cm³/mol. The van der Waals surface area contributed by atoms with Gasteiger partial charge >= 0.3 is 0 Å². The molecule has 0 saturated carbocycles. The van der Waals surface area contributed by atoms with Crippen LogP contribution in [0, 0.1) is 0 Å². The predicted octanol–water partition coefficient (Wildman–Crippen LogP) is 5.31. The molecule has 6 nitrogen and oxygen atoms in total. The molecule has 0 radical (unpaired) electrons. The van der Waals surface area contributed by atoms with Crippen molar-refractivity contribution in [3.05, 3.63) is 63.1 Å². The zero-order chi connectivity index (χ0) is 22.9. The molecule has 4 aromatic rings. The van der Waals surface area contributed by atoms with Crippen LogP contribution in [-0.4, -0.2) is 33.5 Å². The second-order valence-electron chi connectivity index (χ2n) is 7.66. The molecule has 1 saturated heterocycles. The largest absolute Gasteiger partial charge is 0.312 e. The molecule has 4 heterocycles. The summed E-state index contributed by atoms with van der Waals surface area (Å²) in [5, 5.41) is 5.17. The number of carbonyl (C=O) groups is 2. The summed E-state index contributed by atoms with van der Waals surface area (Å²) in [7, 11) is 0. The van der Waals surface area contributed by atoms with Crippen LogP contribution in [0.3, 0.4) is 0 Å². The highest BCUT2D eigenvalue weighted by Crippen LogP contribution is 2.34. The molecule has 0 spiro atoms. The van der Waals surface area contributed by atoms with E-state index in [2.05, 4.69) is 0 Å². The van der Waals surface area contributed by atoms with Crippen LogP contribution in [-0.2, 0) is 11.3 Å². The van der Waals surface area contributed by atoms with Gasteiger partial charge < -0.3 is 4.90 Å². The van der Waals surface area contributed by atoms with Crippen LogP contribution < -0.4 is 10.5 Å². The van der Waals surface area contributed by atoms with Crippen molar-refractivity contribution in [1.29, 1.82) is 0 Å². The second kappa shape index (κ2) is 9.24. The number of hydrogen-bond donors (Lipinski definition) is 0. The molecule has 3 aromatic heterocycles. The van der Waals surface area contributed by atoms with Crippen molar-refractivity contribution in [1.82, 2.24) is 9.55 Å². The zero-order valence-electron chi connectivity index (χ0n) is 17.9. The van der Waals surface area contributed by atoms with Crippen LogP contribution in [0.1, 0.15) is 30.1 Å². The van der Waals surface area contributed by atoms with Gasteiger partial charge in [0.15, 0.2) is 10.9 Å². The minimum absolute atomic E-state index is 0.0593. The first kappa shape index (κ1) is 22.1. The highest BCUT2D eigenvalue weighted by atomic mass is 32.2. The molecule has 1 aliphatic heterocycles. The van der Waals surface area contributed by atoms with E-state index in [1.165, 1.54) is 23.1 Å². The third-order valence-corrected chi connectivity index (χ3v) is 8.40. The van der Waals surface area contributed by atoms with Gasteiger partial charge in [0.05, 0.1) is 11.1 Å². The Morgan fingerprint density at radius 2 is 2.06 bits per heavy atom. The zero-order valence-corrected chi connectivity index (χ0v) is 20.4. The molecular formula is C24H21N3O3S3. The van der Waals surface area contributed by atoms with E-state index in [1.54, 1.807) is 32.9 Å². The maximum Gasteiger partial charge on any atom is 0.263 e. The molecule has 0 N–H and O–H groups in total. The number of nitrogens with zero attached hydrogens (tertiary/aromatic N) is 3. The van der Waals surface area contributed by atoms with Crippen LogP contribution in [0.2, 0.25) is 0 Å². The Morgan fingerprint density at radius 1 is 1.18 bits per heavy atom. The third kappa shape index (κ3) is 4.16. The number of anilines is 1. The number of thiophene rings is 2. The van der Waals surface area contributed by atoms with Gasteiger partial charge in [-0.3, -0.25) is 19.0 Å². The van der Waals surface area contributed by atoms with Crippen molar-refractivity contribution in [3.8, 4) is 10.4 Å². The van der Waals surface area contributed by atoms with E-state index in [0.29, 0.717) is 40.4 Å². The molecule has 0 unspecified atom stereocenters. The lowest BCUT2D eigenvalue weighted by atomic mass is 10.1. The number of rotatable bonds is 7. The molecule has 1 aliphatic rings. The summed E-state index contributed by atoms with van der Waals surface area (Å²) in [6.07, 6.45) is 1.39. The Kier molecular flexibility index (Phi) is 6.18. The Labute approximate surface area is 202 Å². The van der Waals surface area contributed by atoms with Crippen molar-refractivity contribution in [3.63, 3.8) is 0 Å². The standard InChI is InChI=1S/C24H21N3O3S3/c1-2-26-23(30)21-17(19-8-5-11-31-19)13-32-22(21)25-24(26)33-14-18(28)15-6-3-7-16(12-15)27-10-4-9-20(27)29/h3,5-8,11-13H,2,4,9-10,14H2,1H3. The molecule has 0 aliphatic carbocycles. The monoisotopic (exact) mass is 495 g/mol. The van der Waals surface area contributed by atoms with Crippen molar-refractivity contribution in [2.24, 2.45) is 0 Å². The van der Waals surface area contributed by atoms with Gasteiger partial charge in [-0.15, -0.1) is 22.7 Å². The van der Waals surface area contributed by atoms with Crippen LogP contribution in [0.15, 0.2) is 57.1 Å². The molecule has 9 heteroatoms. The quantitative estimate of drug-likeness (QED) is 0.197. The minimum atomic E-state index is -0.0726. The first-order valence-electron chi connectivity index (χ1n) is 10.7. The van der Waals surface area contributed by atoms with Crippen LogP contribution in [0.25, 0.3) is 20.7 Å². The number of fused-ring (bicyclic) bond motifs is 1.